The summed E-state index contributed by atoms with van der Waals surface area (Å²) in [5, 5.41) is 11.7. The van der Waals surface area contributed by atoms with E-state index in [1.807, 2.05) is 6.07 Å². The molecule has 0 fully saturated rings. The average molecular weight is 326 g/mol. The van der Waals surface area contributed by atoms with E-state index in [2.05, 4.69) is 11.9 Å². The van der Waals surface area contributed by atoms with E-state index in [1.165, 1.54) is 0 Å². The number of nitrogens with zero attached hydrogens (tertiary/aromatic N) is 1. The van der Waals surface area contributed by atoms with Crippen molar-refractivity contribution in [3.05, 3.63) is 53.8 Å². The van der Waals surface area contributed by atoms with Gasteiger partial charge in [-0.25, -0.2) is 0 Å². The molecule has 0 aliphatic rings. The van der Waals surface area contributed by atoms with Gasteiger partial charge in [-0.15, -0.1) is 0 Å². The first-order valence-electron chi connectivity index (χ1n) is 7.32. The second-order valence-electron chi connectivity index (χ2n) is 4.98. The summed E-state index contributed by atoms with van der Waals surface area (Å²) in [6.45, 7) is 7.18. The number of hydrogen-bond acceptors (Lipinski definition) is 5. The second kappa shape index (κ2) is 7.88. The van der Waals surface area contributed by atoms with Crippen molar-refractivity contribution in [3.63, 3.8) is 0 Å². The summed E-state index contributed by atoms with van der Waals surface area (Å²) < 4.78 is 16.3. The number of furan rings is 1. The van der Waals surface area contributed by atoms with Crippen LogP contribution >= 0.6 is 0 Å². The fourth-order valence-electron chi connectivity index (χ4n) is 1.99. The molecule has 1 heterocycles. The minimum Gasteiger partial charge on any atom is -0.486 e. The lowest BCUT2D eigenvalue weighted by atomic mass is 10.2. The van der Waals surface area contributed by atoms with Crippen molar-refractivity contribution in [2.75, 3.05) is 18.5 Å². The number of aryl methyl sites for hydroxylation is 1. The molecule has 1 amide bonds. The molecule has 1 aromatic heterocycles. The maximum atomic E-state index is 12.0. The van der Waals surface area contributed by atoms with Gasteiger partial charge in [-0.3, -0.25) is 10.1 Å². The molecule has 0 saturated carbocycles. The van der Waals surface area contributed by atoms with Gasteiger partial charge in [0.2, 0.25) is 5.88 Å². The number of amides is 1. The minimum atomic E-state index is -0.432. The molecular weight excluding hydrogens is 308 g/mol. The van der Waals surface area contributed by atoms with E-state index in [4.69, 9.17) is 19.2 Å². The Bertz CT molecular complexity index is 787. The van der Waals surface area contributed by atoms with Crippen LogP contribution in [0.1, 0.15) is 16.9 Å². The first-order chi connectivity index (χ1) is 11.6. The molecule has 6 heteroatoms. The molecule has 0 radical (unpaired) electrons. The van der Waals surface area contributed by atoms with Crippen molar-refractivity contribution in [1.82, 2.24) is 0 Å². The fourth-order valence-corrected chi connectivity index (χ4v) is 1.99. The van der Waals surface area contributed by atoms with Crippen molar-refractivity contribution in [2.24, 2.45) is 0 Å². The van der Waals surface area contributed by atoms with Gasteiger partial charge in [0.25, 0.3) is 5.91 Å². The van der Waals surface area contributed by atoms with Crippen LogP contribution in [0.15, 0.2) is 41.3 Å². The number of para-hydroxylation sites is 2. The molecule has 0 spiro atoms. The number of rotatable bonds is 7. The van der Waals surface area contributed by atoms with Gasteiger partial charge in [0, 0.05) is 5.56 Å². The van der Waals surface area contributed by atoms with Crippen molar-refractivity contribution >= 4 is 11.8 Å². The molecule has 1 aromatic carbocycles. The highest BCUT2D eigenvalue weighted by Crippen LogP contribution is 2.27. The van der Waals surface area contributed by atoms with Crippen LogP contribution in [-0.2, 0) is 4.79 Å². The highest BCUT2D eigenvalue weighted by atomic mass is 16.5. The van der Waals surface area contributed by atoms with E-state index in [-0.39, 0.29) is 12.5 Å². The van der Waals surface area contributed by atoms with E-state index < -0.39 is 5.91 Å². The first-order valence-corrected chi connectivity index (χ1v) is 7.32. The average Bonchev–Trinajstić information content (AvgIpc) is 2.85. The minimum absolute atomic E-state index is 0.136. The zero-order valence-electron chi connectivity index (χ0n) is 13.6. The second-order valence-corrected chi connectivity index (χ2v) is 4.98. The quantitative estimate of drug-likeness (QED) is 0.789. The zero-order valence-corrected chi connectivity index (χ0v) is 13.6. The zero-order chi connectivity index (χ0) is 17.5. The predicted octanol–water partition coefficient (Wildman–Crippen LogP) is 3.35. The van der Waals surface area contributed by atoms with E-state index in [0.717, 1.165) is 0 Å². The number of hydrogen-bond donors (Lipinski definition) is 1. The lowest BCUT2D eigenvalue weighted by Crippen LogP contribution is -2.20. The van der Waals surface area contributed by atoms with E-state index in [0.29, 0.717) is 35.0 Å². The smallest absolute Gasteiger partial charge is 0.264 e. The summed E-state index contributed by atoms with van der Waals surface area (Å²) in [4.78, 5) is 12.0. The Hall–Kier alpha value is -3.20. The number of carbonyl (C=O) groups excluding carboxylic acids is 1. The van der Waals surface area contributed by atoms with Crippen LogP contribution in [0, 0.1) is 25.2 Å². The summed E-state index contributed by atoms with van der Waals surface area (Å²) in [7, 11) is 0. The molecule has 24 heavy (non-hydrogen) atoms. The molecular formula is C18H18N2O4. The molecule has 1 N–H and O–H groups in total. The number of benzene rings is 1. The third-order valence-electron chi connectivity index (χ3n) is 3.31. The van der Waals surface area contributed by atoms with Crippen molar-refractivity contribution in [2.45, 2.75) is 13.8 Å². The topological polar surface area (TPSA) is 84.5 Å². The van der Waals surface area contributed by atoms with Crippen LogP contribution in [0.5, 0.6) is 11.5 Å². The van der Waals surface area contributed by atoms with Crippen LogP contribution in [-0.4, -0.2) is 19.1 Å². The standard InChI is InChI=1S/C18H18N2O4/c1-4-9-22-15-7-5-6-8-16(15)23-11-17(21)20-18-14(10-19)12(2)13(3)24-18/h4-8H,1,9,11H2,2-3H3,(H,20,21). The molecule has 124 valence electrons. The van der Waals surface area contributed by atoms with Gasteiger partial charge in [-0.05, 0) is 26.0 Å². The maximum Gasteiger partial charge on any atom is 0.264 e. The third kappa shape index (κ3) is 3.96. The molecule has 2 rings (SSSR count). The van der Waals surface area contributed by atoms with Gasteiger partial charge in [0.1, 0.15) is 24.0 Å². The van der Waals surface area contributed by atoms with Crippen LogP contribution in [0.25, 0.3) is 0 Å². The molecule has 0 bridgehead atoms. The monoisotopic (exact) mass is 326 g/mol. The number of nitrogens with one attached hydrogen (secondary N) is 1. The Morgan fingerprint density at radius 1 is 1.33 bits per heavy atom. The van der Waals surface area contributed by atoms with Gasteiger partial charge in [0.15, 0.2) is 18.1 Å². The van der Waals surface area contributed by atoms with E-state index >= 15 is 0 Å². The van der Waals surface area contributed by atoms with Crippen LogP contribution in [0.4, 0.5) is 5.88 Å². The third-order valence-corrected chi connectivity index (χ3v) is 3.31. The number of carbonyl (C=O) groups is 1. The Balaban J connectivity index is 2.01. The molecule has 0 saturated heterocycles. The molecule has 0 unspecified atom stereocenters. The Labute approximate surface area is 140 Å². The summed E-state index contributed by atoms with van der Waals surface area (Å²) in [5.74, 6) is 1.26. The highest BCUT2D eigenvalue weighted by Gasteiger charge is 2.17. The number of ether oxygens (including phenoxy) is 2. The van der Waals surface area contributed by atoms with Gasteiger partial charge in [0.05, 0.1) is 0 Å². The fraction of sp³-hybridized carbons (Fsp3) is 0.222. The lowest BCUT2D eigenvalue weighted by Gasteiger charge is -2.11. The van der Waals surface area contributed by atoms with Crippen molar-refractivity contribution in [3.8, 4) is 17.6 Å². The highest BCUT2D eigenvalue weighted by molar-refractivity contribution is 5.92. The molecule has 0 atom stereocenters. The summed E-state index contributed by atoms with van der Waals surface area (Å²) in [5.41, 5.74) is 1.02. The van der Waals surface area contributed by atoms with Gasteiger partial charge < -0.3 is 13.9 Å². The molecule has 0 aliphatic heterocycles. The molecule has 6 nitrogen and oxygen atoms in total. The van der Waals surface area contributed by atoms with Crippen molar-refractivity contribution in [1.29, 1.82) is 5.26 Å². The largest absolute Gasteiger partial charge is 0.486 e. The first kappa shape index (κ1) is 17.2. The van der Waals surface area contributed by atoms with E-state index in [1.54, 1.807) is 44.2 Å². The Kier molecular flexibility index (Phi) is 5.63. The summed E-state index contributed by atoms with van der Waals surface area (Å²) in [6.07, 6.45) is 1.62. The van der Waals surface area contributed by atoms with Gasteiger partial charge >= 0.3 is 0 Å². The maximum absolute atomic E-state index is 12.0. The summed E-state index contributed by atoms with van der Waals surface area (Å²) >= 11 is 0. The number of nitriles is 1. The Morgan fingerprint density at radius 2 is 2.00 bits per heavy atom. The van der Waals surface area contributed by atoms with Crippen LogP contribution < -0.4 is 14.8 Å². The van der Waals surface area contributed by atoms with Crippen LogP contribution in [0.3, 0.4) is 0 Å². The normalized spacial score (nSPS) is 9.88. The van der Waals surface area contributed by atoms with Gasteiger partial charge in [-0.2, -0.15) is 5.26 Å². The van der Waals surface area contributed by atoms with E-state index in [9.17, 15) is 4.79 Å². The molecule has 0 aliphatic carbocycles. The van der Waals surface area contributed by atoms with Gasteiger partial charge in [-0.1, -0.05) is 24.8 Å². The predicted molar refractivity (Wildman–Crippen MR) is 89.2 cm³/mol. The SMILES string of the molecule is C=CCOc1ccccc1OCC(=O)Nc1oc(C)c(C)c1C#N. The van der Waals surface area contributed by atoms with Crippen LogP contribution in [0.2, 0.25) is 0 Å². The lowest BCUT2D eigenvalue weighted by molar-refractivity contribution is -0.118. The Morgan fingerprint density at radius 3 is 2.62 bits per heavy atom. The van der Waals surface area contributed by atoms with Crippen molar-refractivity contribution < 1.29 is 18.7 Å². The number of anilines is 1. The summed E-state index contributed by atoms with van der Waals surface area (Å²) in [6, 6.07) is 9.04. The molecule has 2 aromatic rings.